The number of hydrogen-bond donors (Lipinski definition) is 3. The van der Waals surface area contributed by atoms with Crippen molar-refractivity contribution in [3.8, 4) is 5.75 Å². The Labute approximate surface area is 223 Å². The Bertz CT molecular complexity index is 1380. The van der Waals surface area contributed by atoms with Gasteiger partial charge >= 0.3 is 6.61 Å². The summed E-state index contributed by atoms with van der Waals surface area (Å²) in [6, 6.07) is 10.7. The monoisotopic (exact) mass is 541 g/mol. The smallest absolute Gasteiger partial charge is 0.387 e. The maximum absolute atomic E-state index is 13.3. The maximum atomic E-state index is 13.3. The van der Waals surface area contributed by atoms with E-state index in [0.717, 1.165) is 37.4 Å². The lowest BCUT2D eigenvalue weighted by molar-refractivity contribution is -0.0493. The van der Waals surface area contributed by atoms with Crippen molar-refractivity contribution in [1.29, 1.82) is 0 Å². The summed E-state index contributed by atoms with van der Waals surface area (Å²) >= 11 is 6.33. The van der Waals surface area contributed by atoms with Gasteiger partial charge in [0.2, 0.25) is 5.95 Å². The van der Waals surface area contributed by atoms with Gasteiger partial charge in [-0.15, -0.1) is 0 Å². The number of carbonyl (C=O) groups is 1. The second-order valence-electron chi connectivity index (χ2n) is 9.87. The fourth-order valence-corrected chi connectivity index (χ4v) is 5.73. The van der Waals surface area contributed by atoms with E-state index in [4.69, 9.17) is 16.3 Å². The number of nitrogens with one attached hydrogen (secondary N) is 3. The molecule has 12 heteroatoms. The minimum Gasteiger partial charge on any atom is -0.433 e. The number of ether oxygens (including phenoxy) is 1. The van der Waals surface area contributed by atoms with Gasteiger partial charge in [-0.25, -0.2) is 4.98 Å². The highest BCUT2D eigenvalue weighted by Gasteiger charge is 2.38. The number of anilines is 5. The molecule has 3 N–H and O–H groups in total. The third kappa shape index (κ3) is 4.79. The summed E-state index contributed by atoms with van der Waals surface area (Å²) in [6.07, 6.45) is 1.39. The number of hydrogen-bond acceptors (Lipinski definition) is 8. The van der Waals surface area contributed by atoms with Gasteiger partial charge in [-0.3, -0.25) is 4.79 Å². The van der Waals surface area contributed by atoms with Crippen molar-refractivity contribution >= 4 is 46.3 Å². The molecular formula is C26H26ClF2N7O2. The van der Waals surface area contributed by atoms with Gasteiger partial charge in [0.15, 0.2) is 11.6 Å². The third-order valence-corrected chi connectivity index (χ3v) is 7.55. The van der Waals surface area contributed by atoms with Crippen LogP contribution in [0.5, 0.6) is 5.75 Å². The zero-order valence-electron chi connectivity index (χ0n) is 20.5. The van der Waals surface area contributed by atoms with E-state index in [1.165, 1.54) is 6.20 Å². The summed E-state index contributed by atoms with van der Waals surface area (Å²) in [5.41, 5.74) is 3.07. The number of benzene rings is 2. The molecule has 2 saturated heterocycles. The number of amides is 1. The zero-order chi connectivity index (χ0) is 26.4. The van der Waals surface area contributed by atoms with Crippen LogP contribution in [0.1, 0.15) is 15.9 Å². The zero-order valence-corrected chi connectivity index (χ0v) is 21.3. The molecule has 1 aromatic heterocycles. The summed E-state index contributed by atoms with van der Waals surface area (Å²) in [7, 11) is 2.13. The molecule has 0 unspecified atom stereocenters. The van der Waals surface area contributed by atoms with Crippen LogP contribution >= 0.6 is 11.6 Å². The van der Waals surface area contributed by atoms with E-state index in [9.17, 15) is 13.6 Å². The maximum Gasteiger partial charge on any atom is 0.387 e. The summed E-state index contributed by atoms with van der Waals surface area (Å²) in [5.74, 6) is 1.34. The lowest BCUT2D eigenvalue weighted by atomic mass is 10.0. The summed E-state index contributed by atoms with van der Waals surface area (Å²) in [4.78, 5) is 25.5. The molecule has 4 heterocycles. The summed E-state index contributed by atoms with van der Waals surface area (Å²) in [6.45, 7) is 1.31. The van der Waals surface area contributed by atoms with E-state index in [2.05, 4.69) is 42.8 Å². The molecule has 2 fully saturated rings. The Kier molecular flexibility index (Phi) is 6.40. The minimum absolute atomic E-state index is 0.00251. The van der Waals surface area contributed by atoms with Gasteiger partial charge in [-0.1, -0.05) is 23.7 Å². The van der Waals surface area contributed by atoms with E-state index in [1.54, 1.807) is 18.2 Å². The van der Waals surface area contributed by atoms with Crippen LogP contribution in [0.4, 0.5) is 37.6 Å². The van der Waals surface area contributed by atoms with Crippen molar-refractivity contribution in [3.63, 3.8) is 0 Å². The molecule has 38 heavy (non-hydrogen) atoms. The SMILES string of the molecule is CN1C[C@@H]2CN(c3ccc(Nc4ncc(Cl)c(Nc5cccc6c5C(=O)NC6)n4)c(OC(F)F)c3)C[C@@H]2C1. The first-order valence-electron chi connectivity index (χ1n) is 12.3. The molecule has 0 radical (unpaired) electrons. The first-order chi connectivity index (χ1) is 18.3. The Morgan fingerprint density at radius 3 is 2.66 bits per heavy atom. The topological polar surface area (TPSA) is 94.7 Å². The van der Waals surface area contributed by atoms with Gasteiger partial charge in [0, 0.05) is 44.5 Å². The molecule has 0 aliphatic carbocycles. The van der Waals surface area contributed by atoms with Crippen molar-refractivity contribution in [2.45, 2.75) is 13.2 Å². The average molecular weight is 542 g/mol. The number of halogens is 3. The third-order valence-electron chi connectivity index (χ3n) is 7.28. The number of rotatable bonds is 7. The van der Waals surface area contributed by atoms with Crippen LogP contribution in [-0.2, 0) is 6.54 Å². The lowest BCUT2D eigenvalue weighted by Gasteiger charge is -2.23. The van der Waals surface area contributed by atoms with Gasteiger partial charge in [-0.05, 0) is 42.6 Å². The summed E-state index contributed by atoms with van der Waals surface area (Å²) in [5, 5.41) is 9.10. The molecule has 2 aromatic carbocycles. The average Bonchev–Trinajstić information content (AvgIpc) is 3.55. The Morgan fingerprint density at radius 1 is 1.11 bits per heavy atom. The van der Waals surface area contributed by atoms with Crippen LogP contribution in [0, 0.1) is 11.8 Å². The molecule has 2 atom stereocenters. The van der Waals surface area contributed by atoms with Crippen LogP contribution in [-0.4, -0.2) is 60.6 Å². The number of aromatic nitrogens is 2. The van der Waals surface area contributed by atoms with E-state index in [0.29, 0.717) is 35.3 Å². The highest BCUT2D eigenvalue weighted by Crippen LogP contribution is 2.38. The number of carbonyl (C=O) groups excluding carboxylic acids is 1. The van der Waals surface area contributed by atoms with Crippen molar-refractivity contribution in [3.05, 3.63) is 58.7 Å². The normalized spacial score (nSPS) is 20.4. The van der Waals surface area contributed by atoms with Crippen LogP contribution in [0.2, 0.25) is 5.02 Å². The molecule has 3 aliphatic rings. The van der Waals surface area contributed by atoms with E-state index < -0.39 is 6.61 Å². The molecule has 3 aliphatic heterocycles. The fraction of sp³-hybridized carbons (Fsp3) is 0.346. The van der Waals surface area contributed by atoms with Crippen molar-refractivity contribution in [2.75, 3.05) is 48.8 Å². The molecule has 0 saturated carbocycles. The fourth-order valence-electron chi connectivity index (χ4n) is 5.59. The van der Waals surface area contributed by atoms with Crippen molar-refractivity contribution in [2.24, 2.45) is 11.8 Å². The highest BCUT2D eigenvalue weighted by atomic mass is 35.5. The predicted octanol–water partition coefficient (Wildman–Crippen LogP) is 4.46. The number of likely N-dealkylation sites (tertiary alicyclic amines) is 1. The predicted molar refractivity (Wildman–Crippen MR) is 141 cm³/mol. The van der Waals surface area contributed by atoms with Gasteiger partial charge < -0.3 is 30.5 Å². The second kappa shape index (κ2) is 9.88. The first kappa shape index (κ1) is 24.6. The van der Waals surface area contributed by atoms with Crippen LogP contribution in [0.15, 0.2) is 42.6 Å². The second-order valence-corrected chi connectivity index (χ2v) is 10.3. The van der Waals surface area contributed by atoms with E-state index in [-0.39, 0.29) is 28.4 Å². The Morgan fingerprint density at radius 2 is 1.89 bits per heavy atom. The van der Waals surface area contributed by atoms with Crippen LogP contribution in [0.3, 0.4) is 0 Å². The Hall–Kier alpha value is -3.70. The largest absolute Gasteiger partial charge is 0.433 e. The molecule has 0 bridgehead atoms. The first-order valence-corrected chi connectivity index (χ1v) is 12.7. The molecule has 198 valence electrons. The standard InChI is InChI=1S/C26H26ClF2N7O2/c1-35-10-15-12-36(13-16(15)11-35)17-5-6-19(21(7-17)38-25(28)29)33-26-31-9-18(27)23(34-26)32-20-4-2-3-14-8-30-24(37)22(14)20/h2-7,9,15-16,25H,8,10-13H2,1H3,(H,30,37)(H2,31,32,33,34)/t15-,16+. The lowest BCUT2D eigenvalue weighted by Crippen LogP contribution is -2.26. The molecule has 1 amide bonds. The van der Waals surface area contributed by atoms with Gasteiger partial charge in [-0.2, -0.15) is 13.8 Å². The number of alkyl halides is 2. The molecular weight excluding hydrogens is 516 g/mol. The molecule has 9 nitrogen and oxygen atoms in total. The summed E-state index contributed by atoms with van der Waals surface area (Å²) < 4.78 is 31.5. The van der Waals surface area contributed by atoms with E-state index in [1.807, 2.05) is 18.2 Å². The van der Waals surface area contributed by atoms with Crippen LogP contribution in [0.25, 0.3) is 0 Å². The van der Waals surface area contributed by atoms with Crippen LogP contribution < -0.4 is 25.6 Å². The van der Waals surface area contributed by atoms with Crippen molar-refractivity contribution in [1.82, 2.24) is 20.2 Å². The number of fused-ring (bicyclic) bond motifs is 2. The van der Waals surface area contributed by atoms with Gasteiger partial charge in [0.1, 0.15) is 5.02 Å². The minimum atomic E-state index is -2.99. The van der Waals surface area contributed by atoms with Crippen molar-refractivity contribution < 1.29 is 18.3 Å². The van der Waals surface area contributed by atoms with Gasteiger partial charge in [0.05, 0.1) is 23.1 Å². The van der Waals surface area contributed by atoms with Gasteiger partial charge in [0.25, 0.3) is 5.91 Å². The highest BCUT2D eigenvalue weighted by molar-refractivity contribution is 6.33. The molecule has 6 rings (SSSR count). The molecule has 3 aromatic rings. The molecule has 0 spiro atoms. The Balaban J connectivity index is 1.24. The van der Waals surface area contributed by atoms with E-state index >= 15 is 0 Å². The quantitative estimate of drug-likeness (QED) is 0.404. The number of nitrogens with zero attached hydrogens (tertiary/aromatic N) is 4.